The molecule has 1 atom stereocenters. The summed E-state index contributed by atoms with van der Waals surface area (Å²) in [5.74, 6) is -0.200. The highest BCUT2D eigenvalue weighted by Crippen LogP contribution is 2.40. The van der Waals surface area contributed by atoms with Crippen molar-refractivity contribution in [3.63, 3.8) is 0 Å². The molecule has 0 saturated carbocycles. The number of carbonyl (C=O) groups is 1. The van der Waals surface area contributed by atoms with Crippen LogP contribution < -0.4 is 10.0 Å². The number of hydrogen-bond acceptors (Lipinski definition) is 6. The molecule has 1 aliphatic heterocycles. The van der Waals surface area contributed by atoms with Crippen molar-refractivity contribution in [3.05, 3.63) is 16.8 Å². The fourth-order valence-electron chi connectivity index (χ4n) is 3.56. The van der Waals surface area contributed by atoms with E-state index in [1.165, 1.54) is 23.3 Å². The zero-order valence-electron chi connectivity index (χ0n) is 11.7. The third-order valence-electron chi connectivity index (χ3n) is 4.53. The van der Waals surface area contributed by atoms with Crippen LogP contribution in [-0.4, -0.2) is 28.5 Å². The van der Waals surface area contributed by atoms with Crippen LogP contribution in [-0.2, 0) is 17.6 Å². The SMILES string of the molecule is O=C([O-])[C@H]1CCCN1c1ncnc2sc3c(c12)CCCC3. The molecule has 1 saturated heterocycles. The van der Waals surface area contributed by atoms with Gasteiger partial charge in [0.1, 0.15) is 17.0 Å². The minimum absolute atomic E-state index is 0.553. The minimum Gasteiger partial charge on any atom is -0.548 e. The Bertz CT molecular complexity index is 712. The maximum atomic E-state index is 11.4. The molecule has 2 aromatic rings. The van der Waals surface area contributed by atoms with Crippen LogP contribution in [0, 0.1) is 0 Å². The second-order valence-corrected chi connectivity index (χ2v) is 6.84. The molecule has 0 spiro atoms. The first-order chi connectivity index (χ1) is 10.3. The average molecular weight is 302 g/mol. The molecular weight excluding hydrogens is 286 g/mol. The zero-order valence-corrected chi connectivity index (χ0v) is 12.5. The third kappa shape index (κ3) is 2.00. The van der Waals surface area contributed by atoms with E-state index < -0.39 is 12.0 Å². The summed E-state index contributed by atoms with van der Waals surface area (Å²) in [4.78, 5) is 24.5. The van der Waals surface area contributed by atoms with Gasteiger partial charge in [0.25, 0.3) is 0 Å². The van der Waals surface area contributed by atoms with Gasteiger partial charge in [-0.2, -0.15) is 0 Å². The Morgan fingerprint density at radius 2 is 2.14 bits per heavy atom. The number of fused-ring (bicyclic) bond motifs is 3. The number of rotatable bonds is 2. The summed E-state index contributed by atoms with van der Waals surface area (Å²) in [6, 6.07) is -0.553. The van der Waals surface area contributed by atoms with Gasteiger partial charge in [0.2, 0.25) is 0 Å². The van der Waals surface area contributed by atoms with Crippen molar-refractivity contribution in [2.24, 2.45) is 0 Å². The van der Waals surface area contributed by atoms with Crippen molar-refractivity contribution in [2.45, 2.75) is 44.6 Å². The summed E-state index contributed by atoms with van der Waals surface area (Å²) in [7, 11) is 0. The molecule has 21 heavy (non-hydrogen) atoms. The van der Waals surface area contributed by atoms with Crippen molar-refractivity contribution in [3.8, 4) is 0 Å². The van der Waals surface area contributed by atoms with Gasteiger partial charge in [-0.15, -0.1) is 11.3 Å². The van der Waals surface area contributed by atoms with E-state index in [1.54, 1.807) is 17.7 Å². The van der Waals surface area contributed by atoms with Crippen LogP contribution in [0.4, 0.5) is 5.82 Å². The number of thiophene rings is 1. The van der Waals surface area contributed by atoms with Crippen LogP contribution >= 0.6 is 11.3 Å². The topological polar surface area (TPSA) is 69.2 Å². The van der Waals surface area contributed by atoms with Gasteiger partial charge in [-0.25, -0.2) is 9.97 Å². The lowest BCUT2D eigenvalue weighted by Crippen LogP contribution is -2.44. The van der Waals surface area contributed by atoms with Gasteiger partial charge in [-0.1, -0.05) is 0 Å². The molecule has 1 aliphatic carbocycles. The van der Waals surface area contributed by atoms with Crippen molar-refractivity contribution < 1.29 is 9.90 Å². The molecule has 0 bridgehead atoms. The van der Waals surface area contributed by atoms with Crippen molar-refractivity contribution in [1.29, 1.82) is 0 Å². The monoisotopic (exact) mass is 302 g/mol. The van der Waals surface area contributed by atoms with E-state index in [0.29, 0.717) is 6.42 Å². The van der Waals surface area contributed by atoms with E-state index in [0.717, 1.165) is 41.8 Å². The van der Waals surface area contributed by atoms with Gasteiger partial charge in [-0.05, 0) is 44.1 Å². The Kier molecular flexibility index (Phi) is 3.06. The highest BCUT2D eigenvalue weighted by Gasteiger charge is 2.30. The summed E-state index contributed by atoms with van der Waals surface area (Å²) in [5.41, 5.74) is 1.35. The first-order valence-corrected chi connectivity index (χ1v) is 8.30. The van der Waals surface area contributed by atoms with Crippen molar-refractivity contribution in [1.82, 2.24) is 9.97 Å². The number of carbonyl (C=O) groups excluding carboxylic acids is 1. The second kappa shape index (κ2) is 4.94. The molecule has 110 valence electrons. The van der Waals surface area contributed by atoms with Gasteiger partial charge in [0.15, 0.2) is 0 Å². The summed E-state index contributed by atoms with van der Waals surface area (Å²) in [6.45, 7) is 0.732. The number of aliphatic carboxylic acids is 1. The molecule has 5 nitrogen and oxygen atoms in total. The first-order valence-electron chi connectivity index (χ1n) is 7.48. The number of hydrogen-bond donors (Lipinski definition) is 0. The third-order valence-corrected chi connectivity index (χ3v) is 5.73. The molecule has 0 unspecified atom stereocenters. The lowest BCUT2D eigenvalue weighted by molar-refractivity contribution is -0.307. The Labute approximate surface area is 126 Å². The van der Waals surface area contributed by atoms with Crippen LogP contribution in [0.3, 0.4) is 0 Å². The lowest BCUT2D eigenvalue weighted by Gasteiger charge is -2.27. The molecule has 0 aromatic carbocycles. The Morgan fingerprint density at radius 1 is 1.29 bits per heavy atom. The highest BCUT2D eigenvalue weighted by atomic mass is 32.1. The molecule has 4 rings (SSSR count). The number of anilines is 1. The Hall–Kier alpha value is -1.69. The Morgan fingerprint density at radius 3 is 3.00 bits per heavy atom. The van der Waals surface area contributed by atoms with Crippen molar-refractivity contribution in [2.75, 3.05) is 11.4 Å². The highest BCUT2D eigenvalue weighted by molar-refractivity contribution is 7.19. The Balaban J connectivity index is 1.88. The molecule has 0 N–H and O–H groups in total. The van der Waals surface area contributed by atoms with Crippen LogP contribution in [0.15, 0.2) is 6.33 Å². The lowest BCUT2D eigenvalue weighted by atomic mass is 9.97. The molecule has 0 amide bonds. The molecule has 1 fully saturated rings. The molecule has 2 aliphatic rings. The van der Waals surface area contributed by atoms with Gasteiger partial charge in [0, 0.05) is 11.4 Å². The van der Waals surface area contributed by atoms with E-state index in [-0.39, 0.29) is 0 Å². The van der Waals surface area contributed by atoms with E-state index in [1.807, 2.05) is 4.90 Å². The predicted molar refractivity (Wildman–Crippen MR) is 79.4 cm³/mol. The molecule has 0 radical (unpaired) electrons. The van der Waals surface area contributed by atoms with Crippen LogP contribution in [0.2, 0.25) is 0 Å². The van der Waals surface area contributed by atoms with Gasteiger partial charge in [-0.3, -0.25) is 0 Å². The summed E-state index contributed by atoms with van der Waals surface area (Å²) in [6.07, 6.45) is 7.66. The van der Waals surface area contributed by atoms with Gasteiger partial charge in [0.05, 0.1) is 17.4 Å². The molecule has 3 heterocycles. The predicted octanol–water partition coefficient (Wildman–Crippen LogP) is 1.29. The molecule has 2 aromatic heterocycles. The number of nitrogens with zero attached hydrogens (tertiary/aromatic N) is 3. The quantitative estimate of drug-likeness (QED) is 0.836. The fourth-order valence-corrected chi connectivity index (χ4v) is 4.78. The smallest absolute Gasteiger partial charge is 0.141 e. The standard InChI is InChI=1S/C15H17N3O2S/c19-15(20)10-5-3-7-18(10)13-12-9-4-1-2-6-11(9)21-14(12)17-8-16-13/h8,10H,1-7H2,(H,19,20)/p-1/t10-/m1/s1. The van der Waals surface area contributed by atoms with Crippen LogP contribution in [0.25, 0.3) is 10.2 Å². The van der Waals surface area contributed by atoms with E-state index in [2.05, 4.69) is 9.97 Å². The van der Waals surface area contributed by atoms with E-state index in [4.69, 9.17) is 0 Å². The number of carboxylic acids is 1. The van der Waals surface area contributed by atoms with Crippen LogP contribution in [0.5, 0.6) is 0 Å². The normalized spacial score (nSPS) is 21.7. The molecule has 6 heteroatoms. The first kappa shape index (κ1) is 13.0. The maximum Gasteiger partial charge on any atom is 0.141 e. The summed E-state index contributed by atoms with van der Waals surface area (Å²) < 4.78 is 0. The van der Waals surface area contributed by atoms with Gasteiger partial charge >= 0.3 is 0 Å². The second-order valence-electron chi connectivity index (χ2n) is 5.76. The number of aryl methyl sites for hydroxylation is 2. The zero-order chi connectivity index (χ0) is 14.4. The van der Waals surface area contributed by atoms with E-state index >= 15 is 0 Å². The maximum absolute atomic E-state index is 11.4. The fraction of sp³-hybridized carbons (Fsp3) is 0.533. The van der Waals surface area contributed by atoms with Gasteiger partial charge < -0.3 is 14.8 Å². The summed E-state index contributed by atoms with van der Waals surface area (Å²) >= 11 is 1.74. The summed E-state index contributed by atoms with van der Waals surface area (Å²) in [5, 5.41) is 12.4. The average Bonchev–Trinajstić information content (AvgIpc) is 3.11. The molecular formula is C15H16N3O2S-. The number of aromatic nitrogens is 2. The minimum atomic E-state index is -0.997. The van der Waals surface area contributed by atoms with Crippen molar-refractivity contribution >= 4 is 33.3 Å². The number of carboxylic acid groups (broad SMARTS) is 1. The van der Waals surface area contributed by atoms with E-state index in [9.17, 15) is 9.90 Å². The van der Waals surface area contributed by atoms with Crippen LogP contribution in [0.1, 0.15) is 36.1 Å². The largest absolute Gasteiger partial charge is 0.548 e.